The minimum Gasteiger partial charge on any atom is -0.392 e. The smallest absolute Gasteiger partial charge is 0.251 e. The molecular weight excluding hydrogens is 528 g/mol. The molecule has 2 amide bonds. The van der Waals surface area contributed by atoms with Crippen molar-refractivity contribution in [2.24, 2.45) is 11.8 Å². The highest BCUT2D eigenvalue weighted by molar-refractivity contribution is 5.99. The summed E-state index contributed by atoms with van der Waals surface area (Å²) in [6.07, 6.45) is 3.45. The summed E-state index contributed by atoms with van der Waals surface area (Å²) in [5, 5.41) is 16.0. The standard InChI is InChI=1S/C34H48N4O4/c1-5-38(28-11-14-42-15-12-28)32-18-27(26-8-6-25(7-9-26)20-37-13-10-29(39)21-37)17-30(24(32)4)33(40)35-19-31-22(2)16-23(3)36-34(31)41/h6-9,17-18,22-23,28-29,31,39H,5,10-16,19-21H2,1-4H3,(H,35,40)(H,36,41)/t22?,23?,29-,31?/m0/s1. The number of aliphatic hydroxyl groups excluding tert-OH is 1. The molecule has 0 spiro atoms. The summed E-state index contributed by atoms with van der Waals surface area (Å²) in [6.45, 7) is 13.5. The molecule has 42 heavy (non-hydrogen) atoms. The number of aliphatic hydroxyl groups is 1. The Morgan fingerprint density at radius 3 is 2.50 bits per heavy atom. The Labute approximate surface area is 250 Å². The molecule has 3 fully saturated rings. The Morgan fingerprint density at radius 1 is 1.12 bits per heavy atom. The Hall–Kier alpha value is -2.94. The number of carbonyl (C=O) groups is 2. The largest absolute Gasteiger partial charge is 0.392 e. The van der Waals surface area contributed by atoms with E-state index in [2.05, 4.69) is 64.6 Å². The van der Waals surface area contributed by atoms with Crippen molar-refractivity contribution in [3.05, 3.63) is 53.1 Å². The number of rotatable bonds is 9. The van der Waals surface area contributed by atoms with Gasteiger partial charge in [-0.25, -0.2) is 0 Å². The summed E-state index contributed by atoms with van der Waals surface area (Å²) in [6, 6.07) is 13.3. The SMILES string of the molecule is CCN(c1cc(-c2ccc(CN3CC[C@H](O)C3)cc2)cc(C(=O)NCC2C(=O)NC(C)CC2C)c1C)C1CCOCC1. The van der Waals surface area contributed by atoms with Crippen molar-refractivity contribution in [1.29, 1.82) is 0 Å². The van der Waals surface area contributed by atoms with Crippen molar-refractivity contribution >= 4 is 17.5 Å². The van der Waals surface area contributed by atoms with Crippen molar-refractivity contribution < 1.29 is 19.4 Å². The van der Waals surface area contributed by atoms with Crippen LogP contribution in [0.25, 0.3) is 11.1 Å². The fraction of sp³-hybridized carbons (Fsp3) is 0.588. The molecule has 3 heterocycles. The number of amides is 2. The third-order valence-corrected chi connectivity index (χ3v) is 9.47. The molecule has 3 N–H and O–H groups in total. The van der Waals surface area contributed by atoms with E-state index in [0.717, 1.165) is 87.5 Å². The van der Waals surface area contributed by atoms with Gasteiger partial charge in [-0.1, -0.05) is 31.2 Å². The molecule has 0 radical (unpaired) electrons. The van der Waals surface area contributed by atoms with Crippen LogP contribution in [0.1, 0.15) is 67.9 Å². The number of carbonyl (C=O) groups excluding carboxylic acids is 2. The molecule has 228 valence electrons. The molecule has 3 aliphatic heterocycles. The van der Waals surface area contributed by atoms with E-state index >= 15 is 0 Å². The molecule has 0 aliphatic carbocycles. The minimum absolute atomic E-state index is 0.0212. The van der Waals surface area contributed by atoms with Crippen LogP contribution in [-0.2, 0) is 16.1 Å². The molecule has 2 aromatic rings. The highest BCUT2D eigenvalue weighted by Crippen LogP contribution is 2.34. The lowest BCUT2D eigenvalue weighted by molar-refractivity contribution is -0.129. The van der Waals surface area contributed by atoms with E-state index in [0.29, 0.717) is 18.2 Å². The maximum atomic E-state index is 13.8. The first-order valence-corrected chi connectivity index (χ1v) is 15.8. The second-order valence-corrected chi connectivity index (χ2v) is 12.6. The van der Waals surface area contributed by atoms with Gasteiger partial charge in [0.25, 0.3) is 5.91 Å². The predicted molar refractivity (Wildman–Crippen MR) is 167 cm³/mol. The first kappa shape index (κ1) is 30.5. The molecule has 5 rings (SSSR count). The zero-order valence-corrected chi connectivity index (χ0v) is 25.7. The number of nitrogens with one attached hydrogen (secondary N) is 2. The molecule has 0 aromatic heterocycles. The number of anilines is 1. The Kier molecular flexibility index (Phi) is 9.86. The van der Waals surface area contributed by atoms with Crippen LogP contribution in [0.3, 0.4) is 0 Å². The summed E-state index contributed by atoms with van der Waals surface area (Å²) < 4.78 is 5.65. The van der Waals surface area contributed by atoms with Crippen LogP contribution in [0, 0.1) is 18.8 Å². The van der Waals surface area contributed by atoms with Gasteiger partial charge >= 0.3 is 0 Å². The summed E-state index contributed by atoms with van der Waals surface area (Å²) >= 11 is 0. The zero-order chi connectivity index (χ0) is 29.8. The minimum atomic E-state index is -0.230. The second kappa shape index (κ2) is 13.6. The Balaban J connectivity index is 1.42. The Bertz CT molecular complexity index is 1240. The van der Waals surface area contributed by atoms with E-state index < -0.39 is 0 Å². The van der Waals surface area contributed by atoms with Crippen molar-refractivity contribution in [1.82, 2.24) is 15.5 Å². The van der Waals surface area contributed by atoms with Crippen LogP contribution >= 0.6 is 0 Å². The summed E-state index contributed by atoms with van der Waals surface area (Å²) in [5.41, 5.74) is 5.98. The molecule has 8 heteroatoms. The molecule has 2 aromatic carbocycles. The maximum absolute atomic E-state index is 13.8. The van der Waals surface area contributed by atoms with Crippen LogP contribution in [0.2, 0.25) is 0 Å². The third-order valence-electron chi connectivity index (χ3n) is 9.47. The van der Waals surface area contributed by atoms with E-state index in [4.69, 9.17) is 4.74 Å². The van der Waals surface area contributed by atoms with Crippen LogP contribution in [0.4, 0.5) is 5.69 Å². The van der Waals surface area contributed by atoms with Gasteiger partial charge in [0.2, 0.25) is 5.91 Å². The van der Waals surface area contributed by atoms with E-state index in [-0.39, 0.29) is 35.8 Å². The lowest BCUT2D eigenvalue weighted by Gasteiger charge is -2.37. The highest BCUT2D eigenvalue weighted by Gasteiger charge is 2.33. The first-order chi connectivity index (χ1) is 20.2. The number of likely N-dealkylation sites (tertiary alicyclic amines) is 1. The third kappa shape index (κ3) is 6.99. The number of hydrogen-bond donors (Lipinski definition) is 3. The fourth-order valence-electron chi connectivity index (χ4n) is 7.02. The summed E-state index contributed by atoms with van der Waals surface area (Å²) in [7, 11) is 0. The van der Waals surface area contributed by atoms with Crippen molar-refractivity contribution in [2.75, 3.05) is 44.3 Å². The molecular formula is C34H48N4O4. The molecule has 3 aliphatic rings. The molecule has 0 bridgehead atoms. The topological polar surface area (TPSA) is 94.1 Å². The van der Waals surface area contributed by atoms with Gasteiger partial charge < -0.3 is 25.4 Å². The molecule has 3 unspecified atom stereocenters. The van der Waals surface area contributed by atoms with E-state index in [1.165, 1.54) is 5.56 Å². The van der Waals surface area contributed by atoms with Crippen molar-refractivity contribution in [3.8, 4) is 11.1 Å². The lowest BCUT2D eigenvalue weighted by atomic mass is 9.84. The van der Waals surface area contributed by atoms with E-state index in [1.807, 2.05) is 19.9 Å². The van der Waals surface area contributed by atoms with Gasteiger partial charge in [-0.3, -0.25) is 14.5 Å². The highest BCUT2D eigenvalue weighted by atomic mass is 16.5. The quantitative estimate of drug-likeness (QED) is 0.416. The zero-order valence-electron chi connectivity index (χ0n) is 25.7. The molecule has 4 atom stereocenters. The monoisotopic (exact) mass is 576 g/mol. The number of benzene rings is 2. The molecule has 0 saturated carbocycles. The van der Waals surface area contributed by atoms with Crippen LogP contribution in [0.15, 0.2) is 36.4 Å². The van der Waals surface area contributed by atoms with Crippen LogP contribution in [0.5, 0.6) is 0 Å². The fourth-order valence-corrected chi connectivity index (χ4v) is 7.02. The van der Waals surface area contributed by atoms with Crippen LogP contribution < -0.4 is 15.5 Å². The normalized spacial score (nSPS) is 25.3. The molecule has 3 saturated heterocycles. The van der Waals surface area contributed by atoms with Crippen LogP contribution in [-0.4, -0.2) is 79.4 Å². The van der Waals surface area contributed by atoms with Gasteiger partial charge in [0, 0.05) is 69.3 Å². The van der Waals surface area contributed by atoms with Gasteiger partial charge in [-0.05, 0) is 86.8 Å². The lowest BCUT2D eigenvalue weighted by Crippen LogP contribution is -2.50. The first-order valence-electron chi connectivity index (χ1n) is 15.8. The molecule has 8 nitrogen and oxygen atoms in total. The van der Waals surface area contributed by atoms with Gasteiger partial charge in [-0.15, -0.1) is 0 Å². The number of nitrogens with zero attached hydrogens (tertiary/aromatic N) is 2. The second-order valence-electron chi connectivity index (χ2n) is 12.6. The van der Waals surface area contributed by atoms with Gasteiger partial charge in [0.05, 0.1) is 12.0 Å². The number of piperidine rings is 1. The average molecular weight is 577 g/mol. The number of hydrogen-bond acceptors (Lipinski definition) is 6. The number of β-amino-alcohol motifs (C(OH)–C–C–N with tert-alkyl or cyclic N) is 1. The summed E-state index contributed by atoms with van der Waals surface area (Å²) in [5.74, 6) is -0.135. The van der Waals surface area contributed by atoms with Gasteiger partial charge in [-0.2, -0.15) is 0 Å². The predicted octanol–water partition coefficient (Wildman–Crippen LogP) is 4.12. The van der Waals surface area contributed by atoms with E-state index in [1.54, 1.807) is 0 Å². The van der Waals surface area contributed by atoms with Crippen molar-refractivity contribution in [3.63, 3.8) is 0 Å². The van der Waals surface area contributed by atoms with Crippen molar-refractivity contribution in [2.45, 2.75) is 78.1 Å². The number of ether oxygens (including phenoxy) is 1. The Morgan fingerprint density at radius 2 is 1.86 bits per heavy atom. The van der Waals surface area contributed by atoms with Gasteiger partial charge in [0.15, 0.2) is 0 Å². The summed E-state index contributed by atoms with van der Waals surface area (Å²) in [4.78, 5) is 31.2. The average Bonchev–Trinajstić information content (AvgIpc) is 3.38. The van der Waals surface area contributed by atoms with E-state index in [9.17, 15) is 14.7 Å². The van der Waals surface area contributed by atoms with Gasteiger partial charge in [0.1, 0.15) is 0 Å². The maximum Gasteiger partial charge on any atom is 0.251 e.